The minimum atomic E-state index is -4.04. The summed E-state index contributed by atoms with van der Waals surface area (Å²) in [6.45, 7) is 0.874. The minimum absolute atomic E-state index is 0.0437. The number of anilines is 4. The zero-order valence-corrected chi connectivity index (χ0v) is 20.9. The van der Waals surface area contributed by atoms with Crippen molar-refractivity contribution >= 4 is 44.1 Å². The monoisotopic (exact) mass is 509 g/mol. The summed E-state index contributed by atoms with van der Waals surface area (Å²) in [5.41, 5.74) is 2.16. The van der Waals surface area contributed by atoms with Crippen LogP contribution in [-0.4, -0.2) is 52.9 Å². The Kier molecular flexibility index (Phi) is 7.71. The molecule has 4 aromatic rings. The maximum atomic E-state index is 13.5. The summed E-state index contributed by atoms with van der Waals surface area (Å²) < 4.78 is 45.3. The first-order valence-corrected chi connectivity index (χ1v) is 12.5. The zero-order chi connectivity index (χ0) is 25.5. The van der Waals surface area contributed by atoms with Crippen molar-refractivity contribution in [3.63, 3.8) is 0 Å². The van der Waals surface area contributed by atoms with E-state index in [1.165, 1.54) is 6.07 Å². The first-order chi connectivity index (χ1) is 17.4. The number of hydrogen-bond donors (Lipinski definition) is 3. The van der Waals surface area contributed by atoms with Crippen molar-refractivity contribution in [2.75, 3.05) is 49.8 Å². The van der Waals surface area contributed by atoms with Gasteiger partial charge in [-0.25, -0.2) is 18.4 Å². The van der Waals surface area contributed by atoms with Gasteiger partial charge >= 0.3 is 0 Å². The van der Waals surface area contributed by atoms with Crippen LogP contribution in [0.25, 0.3) is 11.0 Å². The van der Waals surface area contributed by atoms with Gasteiger partial charge in [0.1, 0.15) is 16.4 Å². The molecule has 0 amide bonds. The van der Waals surface area contributed by atoms with Crippen LogP contribution >= 0.6 is 0 Å². The van der Waals surface area contributed by atoms with E-state index in [4.69, 9.17) is 14.2 Å². The Morgan fingerprint density at radius 3 is 2.06 bits per heavy atom. The number of aromatic nitrogens is 2. The molecule has 0 atom stereocenters. The molecule has 188 valence electrons. The van der Waals surface area contributed by atoms with E-state index in [9.17, 15) is 8.42 Å². The van der Waals surface area contributed by atoms with Crippen LogP contribution in [-0.2, 0) is 14.8 Å². The molecule has 0 saturated heterocycles. The van der Waals surface area contributed by atoms with Crippen molar-refractivity contribution in [3.05, 3.63) is 66.7 Å². The molecular weight excluding hydrogens is 482 g/mol. The van der Waals surface area contributed by atoms with Gasteiger partial charge in [0.15, 0.2) is 11.6 Å². The molecule has 0 radical (unpaired) electrons. The van der Waals surface area contributed by atoms with Gasteiger partial charge in [-0.2, -0.15) is 0 Å². The van der Waals surface area contributed by atoms with E-state index in [1.54, 1.807) is 69.9 Å². The average Bonchev–Trinajstić information content (AvgIpc) is 2.89. The number of rotatable bonds is 11. The average molecular weight is 510 g/mol. The summed E-state index contributed by atoms with van der Waals surface area (Å²) >= 11 is 0. The molecule has 0 unspecified atom stereocenters. The van der Waals surface area contributed by atoms with Gasteiger partial charge in [-0.15, -0.1) is 0 Å². The van der Waals surface area contributed by atoms with Crippen LogP contribution in [0.2, 0.25) is 0 Å². The maximum absolute atomic E-state index is 13.5. The molecule has 36 heavy (non-hydrogen) atoms. The van der Waals surface area contributed by atoms with Crippen LogP contribution in [0.3, 0.4) is 0 Å². The van der Waals surface area contributed by atoms with Crippen LogP contribution in [0.4, 0.5) is 23.0 Å². The summed E-state index contributed by atoms with van der Waals surface area (Å²) in [5.74, 6) is 1.38. The smallest absolute Gasteiger partial charge is 0.265 e. The van der Waals surface area contributed by atoms with Gasteiger partial charge in [-0.1, -0.05) is 24.3 Å². The van der Waals surface area contributed by atoms with E-state index >= 15 is 0 Å². The number of benzene rings is 3. The molecule has 3 aromatic carbocycles. The topological polar surface area (TPSA) is 124 Å². The molecule has 3 N–H and O–H groups in total. The van der Waals surface area contributed by atoms with Gasteiger partial charge in [0.05, 0.1) is 37.5 Å². The minimum Gasteiger partial charge on any atom is -0.497 e. The number of nitrogens with one attached hydrogen (secondary N) is 3. The first-order valence-electron chi connectivity index (χ1n) is 11.0. The predicted molar refractivity (Wildman–Crippen MR) is 140 cm³/mol. The number of fused-ring (bicyclic) bond motifs is 1. The third-order valence-electron chi connectivity index (χ3n) is 5.21. The summed E-state index contributed by atoms with van der Waals surface area (Å²) in [6, 6.07) is 19.0. The van der Waals surface area contributed by atoms with Crippen molar-refractivity contribution in [3.8, 4) is 11.5 Å². The van der Waals surface area contributed by atoms with Gasteiger partial charge in [-0.3, -0.25) is 4.72 Å². The Bertz CT molecular complexity index is 1440. The molecule has 1 heterocycles. The van der Waals surface area contributed by atoms with Crippen LogP contribution in [0.1, 0.15) is 0 Å². The highest BCUT2D eigenvalue weighted by molar-refractivity contribution is 7.92. The highest BCUT2D eigenvalue weighted by atomic mass is 32.2. The molecule has 10 nitrogen and oxygen atoms in total. The molecule has 0 saturated carbocycles. The molecule has 0 spiro atoms. The van der Waals surface area contributed by atoms with E-state index < -0.39 is 10.0 Å². The Morgan fingerprint density at radius 1 is 0.806 bits per heavy atom. The lowest BCUT2D eigenvalue weighted by molar-refractivity contribution is 0.210. The number of hydrogen-bond acceptors (Lipinski definition) is 9. The second kappa shape index (κ2) is 11.1. The molecule has 0 aliphatic heterocycles. The Balaban J connectivity index is 1.75. The number of nitrogens with zero attached hydrogens (tertiary/aromatic N) is 2. The van der Waals surface area contributed by atoms with Crippen LogP contribution in [0.5, 0.6) is 11.5 Å². The van der Waals surface area contributed by atoms with E-state index in [1.807, 2.05) is 12.1 Å². The van der Waals surface area contributed by atoms with Gasteiger partial charge in [-0.05, 0) is 24.3 Å². The van der Waals surface area contributed by atoms with Crippen LogP contribution in [0.15, 0.2) is 71.6 Å². The molecule has 1 aromatic heterocycles. The fourth-order valence-corrected chi connectivity index (χ4v) is 4.69. The van der Waals surface area contributed by atoms with Gasteiger partial charge in [0.2, 0.25) is 0 Å². The van der Waals surface area contributed by atoms with Crippen molar-refractivity contribution in [2.24, 2.45) is 0 Å². The number of methoxy groups -OCH3 is 3. The number of ether oxygens (including phenoxy) is 3. The summed E-state index contributed by atoms with van der Waals surface area (Å²) in [5, 5.41) is 6.24. The van der Waals surface area contributed by atoms with E-state index in [0.29, 0.717) is 47.1 Å². The van der Waals surface area contributed by atoms with Gasteiger partial charge in [0, 0.05) is 37.5 Å². The Labute approximate surface area is 209 Å². The molecule has 4 rings (SSSR count). The van der Waals surface area contributed by atoms with E-state index in [2.05, 4.69) is 25.3 Å². The first kappa shape index (κ1) is 25.0. The van der Waals surface area contributed by atoms with Crippen molar-refractivity contribution < 1.29 is 22.6 Å². The van der Waals surface area contributed by atoms with Crippen molar-refractivity contribution in [2.45, 2.75) is 4.90 Å². The van der Waals surface area contributed by atoms with E-state index in [0.717, 1.165) is 0 Å². The summed E-state index contributed by atoms with van der Waals surface area (Å²) in [7, 11) is 0.640. The molecule has 0 aliphatic carbocycles. The SMILES string of the molecule is COCCNc1ccccc1S(=O)(=O)Nc1nc2ccccc2nc1Nc1cc(OC)cc(OC)c1. The summed E-state index contributed by atoms with van der Waals surface area (Å²) in [4.78, 5) is 9.26. The molecule has 11 heteroatoms. The number of para-hydroxylation sites is 3. The Hall–Kier alpha value is -4.09. The third-order valence-corrected chi connectivity index (χ3v) is 6.61. The largest absolute Gasteiger partial charge is 0.497 e. The van der Waals surface area contributed by atoms with Crippen LogP contribution < -0.4 is 24.8 Å². The van der Waals surface area contributed by atoms with Crippen molar-refractivity contribution in [1.82, 2.24) is 9.97 Å². The normalized spacial score (nSPS) is 11.2. The lowest BCUT2D eigenvalue weighted by Crippen LogP contribution is -2.18. The molecule has 0 fully saturated rings. The second-order valence-corrected chi connectivity index (χ2v) is 9.31. The standard InChI is InChI=1S/C25H27N5O5S/c1-33-13-12-26-22-10-6-7-11-23(22)36(31,32)30-25-24(28-20-8-4-5-9-21(20)29-25)27-17-14-18(34-2)16-19(15-17)35-3/h4-11,14-16,26H,12-13H2,1-3H3,(H,27,28)(H,29,30). The fourth-order valence-electron chi connectivity index (χ4n) is 3.49. The quantitative estimate of drug-likeness (QED) is 0.255. The third kappa shape index (κ3) is 5.75. The zero-order valence-electron chi connectivity index (χ0n) is 20.1. The Morgan fingerprint density at radius 2 is 1.42 bits per heavy atom. The van der Waals surface area contributed by atoms with Gasteiger partial charge < -0.3 is 24.8 Å². The van der Waals surface area contributed by atoms with E-state index in [-0.39, 0.29) is 16.5 Å². The molecule has 0 aliphatic rings. The summed E-state index contributed by atoms with van der Waals surface area (Å²) in [6.07, 6.45) is 0. The lowest BCUT2D eigenvalue weighted by atomic mass is 10.2. The highest BCUT2D eigenvalue weighted by Gasteiger charge is 2.22. The van der Waals surface area contributed by atoms with Crippen molar-refractivity contribution in [1.29, 1.82) is 0 Å². The molecular formula is C25H27N5O5S. The van der Waals surface area contributed by atoms with Gasteiger partial charge in [0.25, 0.3) is 10.0 Å². The predicted octanol–water partition coefficient (Wildman–Crippen LogP) is 4.25. The maximum Gasteiger partial charge on any atom is 0.265 e. The number of sulfonamides is 1. The lowest BCUT2D eigenvalue weighted by Gasteiger charge is -2.16. The molecule has 0 bridgehead atoms. The van der Waals surface area contributed by atoms with Crippen LogP contribution in [0, 0.1) is 0 Å². The fraction of sp³-hybridized carbons (Fsp3) is 0.200. The second-order valence-electron chi connectivity index (χ2n) is 7.66. The highest BCUT2D eigenvalue weighted by Crippen LogP contribution is 2.32.